The monoisotopic (exact) mass is 304 g/mol. The number of hydrogen-bond donors (Lipinski definition) is 2. The molecule has 2 N–H and O–H groups in total. The number of anilines is 1. The zero-order chi connectivity index (χ0) is 15.7. The maximum Gasteiger partial charge on any atom is 0.409 e. The van der Waals surface area contributed by atoms with E-state index < -0.39 is 0 Å². The number of likely N-dealkylation sites (tertiary alicyclic amines) is 1. The molecule has 2 aliphatic rings. The van der Waals surface area contributed by atoms with E-state index in [9.17, 15) is 4.79 Å². The SMILES string of the molecule is CNc1cc(C2=NC(C3CN(C(=O)OC)C3)ON2)ccc1C. The van der Waals surface area contributed by atoms with Gasteiger partial charge in [-0.2, -0.15) is 0 Å². The van der Waals surface area contributed by atoms with Crippen molar-refractivity contribution in [1.82, 2.24) is 10.4 Å². The van der Waals surface area contributed by atoms with Crippen LogP contribution >= 0.6 is 0 Å². The molecular weight excluding hydrogens is 284 g/mol. The molecule has 22 heavy (non-hydrogen) atoms. The van der Waals surface area contributed by atoms with Gasteiger partial charge >= 0.3 is 6.09 Å². The lowest BCUT2D eigenvalue weighted by atomic mass is 9.99. The van der Waals surface area contributed by atoms with E-state index in [1.54, 1.807) is 4.90 Å². The Bertz CT molecular complexity index is 611. The standard InChI is InChI=1S/C15H20N4O3/c1-9-4-5-10(6-12(9)16-2)13-17-14(22-18-13)11-7-19(8-11)15(20)21-3/h4-6,11,14,16H,7-8H2,1-3H3,(H,17,18). The van der Waals surface area contributed by atoms with Gasteiger partial charge in [0.2, 0.25) is 0 Å². The van der Waals surface area contributed by atoms with Crippen LogP contribution in [0.4, 0.5) is 10.5 Å². The first-order chi connectivity index (χ1) is 10.6. The minimum absolute atomic E-state index is 0.193. The van der Waals surface area contributed by atoms with Gasteiger partial charge in [-0.25, -0.2) is 20.1 Å². The number of hydroxylamine groups is 1. The summed E-state index contributed by atoms with van der Waals surface area (Å²) in [5.74, 6) is 0.913. The van der Waals surface area contributed by atoms with Crippen LogP contribution in [-0.2, 0) is 9.57 Å². The molecule has 2 aliphatic heterocycles. The van der Waals surface area contributed by atoms with E-state index in [2.05, 4.69) is 27.4 Å². The quantitative estimate of drug-likeness (QED) is 0.881. The first kappa shape index (κ1) is 14.6. The summed E-state index contributed by atoms with van der Waals surface area (Å²) >= 11 is 0. The molecule has 1 amide bonds. The number of rotatable bonds is 3. The predicted molar refractivity (Wildman–Crippen MR) is 82.7 cm³/mol. The number of ether oxygens (including phenoxy) is 1. The molecule has 7 heteroatoms. The van der Waals surface area contributed by atoms with Gasteiger partial charge in [0.1, 0.15) is 0 Å². The van der Waals surface area contributed by atoms with Crippen LogP contribution < -0.4 is 10.8 Å². The molecule has 0 radical (unpaired) electrons. The molecule has 1 unspecified atom stereocenters. The first-order valence-electron chi connectivity index (χ1n) is 7.23. The average molecular weight is 304 g/mol. The van der Waals surface area contributed by atoms with Crippen molar-refractivity contribution >= 4 is 17.6 Å². The number of hydrogen-bond acceptors (Lipinski definition) is 6. The molecule has 0 saturated carbocycles. The molecule has 1 aromatic rings. The highest BCUT2D eigenvalue weighted by molar-refractivity contribution is 5.99. The number of nitrogens with zero attached hydrogens (tertiary/aromatic N) is 2. The summed E-state index contributed by atoms with van der Waals surface area (Å²) in [6.07, 6.45) is -0.571. The fourth-order valence-electron chi connectivity index (χ4n) is 2.64. The summed E-state index contributed by atoms with van der Waals surface area (Å²) < 4.78 is 4.68. The maximum absolute atomic E-state index is 11.3. The molecule has 118 valence electrons. The molecule has 1 saturated heterocycles. The number of aryl methyl sites for hydroxylation is 1. The van der Waals surface area contributed by atoms with E-state index in [1.165, 1.54) is 12.7 Å². The second-order valence-corrected chi connectivity index (χ2v) is 5.50. The predicted octanol–water partition coefficient (Wildman–Crippen LogP) is 1.34. The minimum Gasteiger partial charge on any atom is -0.453 e. The molecule has 1 fully saturated rings. The van der Waals surface area contributed by atoms with Crippen molar-refractivity contribution in [1.29, 1.82) is 0 Å². The number of amidine groups is 1. The van der Waals surface area contributed by atoms with Crippen molar-refractivity contribution in [2.24, 2.45) is 10.9 Å². The normalized spacial score (nSPS) is 21.0. The van der Waals surface area contributed by atoms with Crippen LogP contribution in [0.15, 0.2) is 23.2 Å². The van der Waals surface area contributed by atoms with Crippen molar-refractivity contribution in [3.63, 3.8) is 0 Å². The van der Waals surface area contributed by atoms with Crippen molar-refractivity contribution in [3.05, 3.63) is 29.3 Å². The van der Waals surface area contributed by atoms with Gasteiger partial charge in [-0.3, -0.25) is 0 Å². The zero-order valence-corrected chi connectivity index (χ0v) is 12.9. The highest BCUT2D eigenvalue weighted by Gasteiger charge is 2.39. The van der Waals surface area contributed by atoms with Crippen LogP contribution in [0.1, 0.15) is 11.1 Å². The van der Waals surface area contributed by atoms with Crippen LogP contribution in [0.3, 0.4) is 0 Å². The maximum atomic E-state index is 11.3. The van der Waals surface area contributed by atoms with Gasteiger partial charge in [0.05, 0.1) is 7.11 Å². The fraction of sp³-hybridized carbons (Fsp3) is 0.467. The average Bonchev–Trinajstić information content (AvgIpc) is 2.95. The number of carbonyl (C=O) groups is 1. The van der Waals surface area contributed by atoms with Crippen molar-refractivity contribution in [3.8, 4) is 0 Å². The van der Waals surface area contributed by atoms with Gasteiger partial charge in [0, 0.05) is 37.3 Å². The third kappa shape index (κ3) is 2.59. The van der Waals surface area contributed by atoms with E-state index in [0.717, 1.165) is 17.1 Å². The summed E-state index contributed by atoms with van der Waals surface area (Å²) in [7, 11) is 3.28. The van der Waals surface area contributed by atoms with Crippen molar-refractivity contribution < 1.29 is 14.4 Å². The summed E-state index contributed by atoms with van der Waals surface area (Å²) in [5.41, 5.74) is 6.10. The van der Waals surface area contributed by atoms with Gasteiger partial charge < -0.3 is 15.0 Å². The van der Waals surface area contributed by atoms with Crippen LogP contribution in [-0.4, -0.2) is 50.3 Å². The molecule has 1 aromatic carbocycles. The smallest absolute Gasteiger partial charge is 0.409 e. The van der Waals surface area contributed by atoms with Gasteiger partial charge in [-0.15, -0.1) is 0 Å². The molecule has 0 spiro atoms. The molecule has 2 heterocycles. The highest BCUT2D eigenvalue weighted by Crippen LogP contribution is 2.26. The van der Waals surface area contributed by atoms with Crippen molar-refractivity contribution in [2.45, 2.75) is 13.2 Å². The molecule has 7 nitrogen and oxygen atoms in total. The molecule has 0 bridgehead atoms. The summed E-state index contributed by atoms with van der Waals surface area (Å²) in [6, 6.07) is 6.09. The van der Waals surface area contributed by atoms with Crippen LogP contribution in [0.5, 0.6) is 0 Å². The number of benzene rings is 1. The minimum atomic E-state index is -0.302. The zero-order valence-electron chi connectivity index (χ0n) is 12.9. The third-order valence-electron chi connectivity index (χ3n) is 4.06. The summed E-state index contributed by atoms with van der Waals surface area (Å²) in [4.78, 5) is 23.1. The van der Waals surface area contributed by atoms with E-state index in [0.29, 0.717) is 13.1 Å². The number of carbonyl (C=O) groups excluding carboxylic acids is 1. The Kier molecular flexibility index (Phi) is 3.89. The van der Waals surface area contributed by atoms with Gasteiger partial charge in [0.25, 0.3) is 0 Å². The summed E-state index contributed by atoms with van der Waals surface area (Å²) in [6.45, 7) is 3.26. The second kappa shape index (κ2) is 5.84. The Morgan fingerprint density at radius 3 is 2.95 bits per heavy atom. The van der Waals surface area contributed by atoms with Crippen LogP contribution in [0, 0.1) is 12.8 Å². The van der Waals surface area contributed by atoms with Crippen LogP contribution in [0.2, 0.25) is 0 Å². The number of nitrogens with one attached hydrogen (secondary N) is 2. The van der Waals surface area contributed by atoms with Gasteiger partial charge in [-0.1, -0.05) is 12.1 Å². The fourth-order valence-corrected chi connectivity index (χ4v) is 2.64. The Morgan fingerprint density at radius 1 is 1.50 bits per heavy atom. The topological polar surface area (TPSA) is 75.2 Å². The molecule has 0 aliphatic carbocycles. The van der Waals surface area contributed by atoms with E-state index in [1.807, 2.05) is 25.2 Å². The van der Waals surface area contributed by atoms with E-state index in [4.69, 9.17) is 4.84 Å². The van der Waals surface area contributed by atoms with Gasteiger partial charge in [-0.05, 0) is 18.6 Å². The second-order valence-electron chi connectivity index (χ2n) is 5.50. The Hall–Kier alpha value is -2.28. The van der Waals surface area contributed by atoms with Gasteiger partial charge in [0.15, 0.2) is 12.1 Å². The molecule has 1 atom stereocenters. The Balaban J connectivity index is 1.67. The number of aliphatic imine (C=N–C) groups is 1. The lowest BCUT2D eigenvalue weighted by molar-refractivity contribution is -0.0494. The first-order valence-corrected chi connectivity index (χ1v) is 7.23. The number of methoxy groups -OCH3 is 1. The third-order valence-corrected chi connectivity index (χ3v) is 4.06. The molecule has 0 aromatic heterocycles. The largest absolute Gasteiger partial charge is 0.453 e. The highest BCUT2D eigenvalue weighted by atomic mass is 16.7. The molecular formula is C15H20N4O3. The van der Waals surface area contributed by atoms with Crippen LogP contribution in [0.25, 0.3) is 0 Å². The van der Waals surface area contributed by atoms with E-state index in [-0.39, 0.29) is 18.2 Å². The Labute approximate surface area is 129 Å². The lowest BCUT2D eigenvalue weighted by Crippen LogP contribution is -2.54. The molecule has 3 rings (SSSR count). The lowest BCUT2D eigenvalue weighted by Gasteiger charge is -2.38. The van der Waals surface area contributed by atoms with E-state index >= 15 is 0 Å². The number of amides is 1. The summed E-state index contributed by atoms with van der Waals surface area (Å²) in [5, 5.41) is 3.16. The van der Waals surface area contributed by atoms with Crippen molar-refractivity contribution in [2.75, 3.05) is 32.6 Å². The Morgan fingerprint density at radius 2 is 2.27 bits per heavy atom.